The van der Waals surface area contributed by atoms with E-state index in [-0.39, 0.29) is 5.66 Å². The Morgan fingerprint density at radius 3 is 0.796 bits per heavy atom. The molecule has 0 fully saturated rings. The van der Waals surface area contributed by atoms with Gasteiger partial charge in [-0.15, -0.1) is 0 Å². The van der Waals surface area contributed by atoms with Crippen molar-refractivity contribution >= 4 is 0 Å². The Morgan fingerprint density at radius 1 is 0.306 bits per heavy atom. The van der Waals surface area contributed by atoms with Crippen molar-refractivity contribution in [3.8, 4) is 0 Å². The molecule has 0 aromatic carbocycles. The summed E-state index contributed by atoms with van der Waals surface area (Å²) >= 11 is 0. The van der Waals surface area contributed by atoms with Crippen molar-refractivity contribution in [3.05, 3.63) is 0 Å². The Balaban J connectivity index is 4.69. The molecular formula is C44H95N5. The van der Waals surface area contributed by atoms with Crippen molar-refractivity contribution in [3.63, 3.8) is 0 Å². The highest BCUT2D eigenvalue weighted by Crippen LogP contribution is 2.27. The van der Waals surface area contributed by atoms with Gasteiger partial charge in [-0.3, -0.25) is 4.90 Å². The quantitative estimate of drug-likeness (QED) is 0.0375. The molecular weight excluding hydrogens is 599 g/mol. The molecule has 0 aliphatic heterocycles. The first-order valence-corrected chi connectivity index (χ1v) is 22.8. The van der Waals surface area contributed by atoms with E-state index in [1.54, 1.807) is 0 Å². The molecule has 0 rings (SSSR count). The highest BCUT2D eigenvalue weighted by atomic mass is 15.3. The molecule has 0 heterocycles. The minimum absolute atomic E-state index is 0.137. The van der Waals surface area contributed by atoms with Crippen LogP contribution < -0.4 is 22.9 Å². The molecule has 0 saturated carbocycles. The maximum Gasteiger partial charge on any atom is 0.0687 e. The monoisotopic (exact) mass is 694 g/mol. The minimum Gasteiger partial charge on any atom is -0.330 e. The number of nitrogens with two attached hydrogens (primary N) is 4. The van der Waals surface area contributed by atoms with Gasteiger partial charge in [-0.2, -0.15) is 0 Å². The van der Waals surface area contributed by atoms with Gasteiger partial charge in [0.1, 0.15) is 0 Å². The predicted molar refractivity (Wildman–Crippen MR) is 222 cm³/mol. The number of unbranched alkanes of at least 4 members (excludes halogenated alkanes) is 31. The summed E-state index contributed by atoms with van der Waals surface area (Å²) in [5.74, 6) is 0. The van der Waals surface area contributed by atoms with Crippen molar-refractivity contribution in [1.82, 2.24) is 4.90 Å². The highest BCUT2D eigenvalue weighted by Gasteiger charge is 2.31. The molecule has 0 aromatic heterocycles. The summed E-state index contributed by atoms with van der Waals surface area (Å²) in [6.45, 7) is 7.17. The van der Waals surface area contributed by atoms with Crippen LogP contribution in [0.3, 0.4) is 0 Å². The van der Waals surface area contributed by atoms with Crippen LogP contribution in [-0.2, 0) is 0 Å². The van der Waals surface area contributed by atoms with Crippen LogP contribution in [0, 0.1) is 0 Å². The van der Waals surface area contributed by atoms with E-state index in [2.05, 4.69) is 11.8 Å². The maximum absolute atomic E-state index is 7.50. The predicted octanol–water partition coefficient (Wildman–Crippen LogP) is 12.3. The fraction of sp³-hybridized carbons (Fsp3) is 1.00. The summed E-state index contributed by atoms with van der Waals surface area (Å²) in [6, 6.07) is 0. The number of nitrogens with zero attached hydrogens (tertiary/aromatic N) is 1. The molecule has 8 N–H and O–H groups in total. The topological polar surface area (TPSA) is 107 Å². The van der Waals surface area contributed by atoms with Gasteiger partial charge >= 0.3 is 0 Å². The Hall–Kier alpha value is -0.200. The van der Waals surface area contributed by atoms with Crippen LogP contribution in [0.1, 0.15) is 244 Å². The third-order valence-electron chi connectivity index (χ3n) is 11.2. The molecule has 1 atom stereocenters. The van der Waals surface area contributed by atoms with Crippen LogP contribution in [0.25, 0.3) is 0 Å². The molecule has 5 heteroatoms. The third kappa shape index (κ3) is 34.6. The second-order valence-electron chi connectivity index (χ2n) is 16.0. The number of hydrogen-bond acceptors (Lipinski definition) is 5. The lowest BCUT2D eigenvalue weighted by Gasteiger charge is -2.42. The summed E-state index contributed by atoms with van der Waals surface area (Å²) in [5, 5.41) is 0. The first kappa shape index (κ1) is 48.8. The molecule has 1 unspecified atom stereocenters. The molecule has 0 spiro atoms. The summed E-state index contributed by atoms with van der Waals surface area (Å²) in [4.78, 5) is 2.77. The molecule has 0 radical (unpaired) electrons. The van der Waals surface area contributed by atoms with E-state index < -0.39 is 0 Å². The lowest BCUT2D eigenvalue weighted by molar-refractivity contribution is 0.0644. The standard InChI is InChI=1S/C44H95N5/c1-2-3-4-5-6-7-8-9-10-11-12-15-18-23-30-37-44(48,38-31-24-27-34-41-47)49(43-36-29-22-20-26-33-40-46)42-35-28-21-17-14-13-16-19-25-32-39-45/h2-43,45-48H2,1H3. The van der Waals surface area contributed by atoms with Crippen molar-refractivity contribution in [1.29, 1.82) is 0 Å². The van der Waals surface area contributed by atoms with Gasteiger partial charge in [0.05, 0.1) is 5.66 Å². The zero-order valence-corrected chi connectivity index (χ0v) is 34.0. The molecule has 296 valence electrons. The fourth-order valence-electron chi connectivity index (χ4n) is 7.75. The molecule has 0 bridgehead atoms. The van der Waals surface area contributed by atoms with E-state index in [9.17, 15) is 0 Å². The van der Waals surface area contributed by atoms with Gasteiger partial charge in [0.2, 0.25) is 0 Å². The first-order chi connectivity index (χ1) is 24.1. The summed E-state index contributed by atoms with van der Waals surface area (Å²) in [6.07, 6.45) is 49.8. The van der Waals surface area contributed by atoms with Gasteiger partial charge in [-0.25, -0.2) is 0 Å². The molecule has 5 nitrogen and oxygen atoms in total. The van der Waals surface area contributed by atoms with E-state index >= 15 is 0 Å². The molecule has 0 aromatic rings. The summed E-state index contributed by atoms with van der Waals surface area (Å²) < 4.78 is 0. The van der Waals surface area contributed by atoms with Gasteiger partial charge in [-0.1, -0.05) is 200 Å². The minimum atomic E-state index is -0.137. The van der Waals surface area contributed by atoms with Gasteiger partial charge in [0.25, 0.3) is 0 Å². The van der Waals surface area contributed by atoms with E-state index in [0.29, 0.717) is 0 Å². The SMILES string of the molecule is CCCCCCCCCCCCCCCCCC(N)(CCCCCCN)N(CCCCCCCCN)CCCCCCCCCCCCN. The van der Waals surface area contributed by atoms with Crippen LogP contribution >= 0.6 is 0 Å². The Labute approximate surface area is 310 Å². The van der Waals surface area contributed by atoms with Crippen LogP contribution in [-0.4, -0.2) is 43.3 Å². The smallest absolute Gasteiger partial charge is 0.0687 e. The van der Waals surface area contributed by atoms with E-state index in [4.69, 9.17) is 22.9 Å². The zero-order valence-electron chi connectivity index (χ0n) is 34.0. The normalized spacial score (nSPS) is 13.1. The maximum atomic E-state index is 7.50. The van der Waals surface area contributed by atoms with Crippen LogP contribution in [0.4, 0.5) is 0 Å². The lowest BCUT2D eigenvalue weighted by atomic mass is 9.92. The number of rotatable bonds is 43. The van der Waals surface area contributed by atoms with Crippen molar-refractivity contribution < 1.29 is 0 Å². The van der Waals surface area contributed by atoms with Gasteiger partial charge in [-0.05, 0) is 77.7 Å². The molecule has 0 aliphatic carbocycles. The second-order valence-corrected chi connectivity index (χ2v) is 16.0. The van der Waals surface area contributed by atoms with Crippen molar-refractivity contribution in [2.75, 3.05) is 32.7 Å². The second kappa shape index (κ2) is 40.6. The molecule has 0 saturated heterocycles. The average molecular weight is 694 g/mol. The van der Waals surface area contributed by atoms with Crippen LogP contribution in [0.5, 0.6) is 0 Å². The number of hydrogen-bond donors (Lipinski definition) is 4. The van der Waals surface area contributed by atoms with Crippen LogP contribution in [0.2, 0.25) is 0 Å². The molecule has 0 aliphatic rings. The largest absolute Gasteiger partial charge is 0.330 e. The fourth-order valence-corrected chi connectivity index (χ4v) is 7.75. The van der Waals surface area contributed by atoms with E-state index in [0.717, 1.165) is 32.5 Å². The zero-order chi connectivity index (χ0) is 35.8. The van der Waals surface area contributed by atoms with Crippen LogP contribution in [0.15, 0.2) is 0 Å². The molecule has 0 amide bonds. The van der Waals surface area contributed by atoms with Gasteiger partial charge < -0.3 is 22.9 Å². The van der Waals surface area contributed by atoms with E-state index in [1.165, 1.54) is 238 Å². The Kier molecular flexibility index (Phi) is 40.4. The Morgan fingerprint density at radius 2 is 0.531 bits per heavy atom. The van der Waals surface area contributed by atoms with E-state index in [1.807, 2.05) is 0 Å². The first-order valence-electron chi connectivity index (χ1n) is 22.8. The molecule has 49 heavy (non-hydrogen) atoms. The van der Waals surface area contributed by atoms with Crippen molar-refractivity contribution in [2.24, 2.45) is 22.9 Å². The van der Waals surface area contributed by atoms with Gasteiger partial charge in [0.15, 0.2) is 0 Å². The van der Waals surface area contributed by atoms with Crippen molar-refractivity contribution in [2.45, 2.75) is 250 Å². The highest BCUT2D eigenvalue weighted by molar-refractivity contribution is 4.85. The average Bonchev–Trinajstić information content (AvgIpc) is 3.10. The lowest BCUT2D eigenvalue weighted by Crippen LogP contribution is -2.56. The Bertz CT molecular complexity index is 602. The summed E-state index contributed by atoms with van der Waals surface area (Å²) in [5.41, 5.74) is 24.5. The third-order valence-corrected chi connectivity index (χ3v) is 11.2. The van der Waals surface area contributed by atoms with Gasteiger partial charge in [0, 0.05) is 0 Å². The summed E-state index contributed by atoms with van der Waals surface area (Å²) in [7, 11) is 0.